The van der Waals surface area contributed by atoms with Gasteiger partial charge >= 0.3 is 6.09 Å². The molecule has 0 spiro atoms. The van der Waals surface area contributed by atoms with E-state index in [1.165, 1.54) is 7.11 Å². The van der Waals surface area contributed by atoms with Crippen LogP contribution in [0, 0.1) is 11.3 Å². The maximum absolute atomic E-state index is 12.9. The first-order valence-electron chi connectivity index (χ1n) is 7.85. The largest absolute Gasteiger partial charge is 0.453 e. The molecule has 0 atom stereocenters. The molecular formula is C15H27N3O3. The standard InChI is InChI=1S/C15H27N3O3/c1-12-3-5-15(11-16,6-4-12)13(19)17-7-9-18(10-8-17)14(20)21-2/h12H,3-11,16H2,1-2H3. The summed E-state index contributed by atoms with van der Waals surface area (Å²) < 4.78 is 4.72. The molecule has 2 aliphatic rings. The lowest BCUT2D eigenvalue weighted by molar-refractivity contribution is -0.145. The van der Waals surface area contributed by atoms with E-state index in [9.17, 15) is 9.59 Å². The van der Waals surface area contributed by atoms with E-state index < -0.39 is 0 Å². The quantitative estimate of drug-likeness (QED) is 0.826. The highest BCUT2D eigenvalue weighted by Crippen LogP contribution is 2.39. The van der Waals surface area contributed by atoms with Crippen molar-refractivity contribution in [3.05, 3.63) is 0 Å². The molecule has 0 bridgehead atoms. The lowest BCUT2D eigenvalue weighted by atomic mass is 9.70. The maximum atomic E-state index is 12.9. The minimum absolute atomic E-state index is 0.182. The molecule has 6 nitrogen and oxygen atoms in total. The Morgan fingerprint density at radius 2 is 1.67 bits per heavy atom. The van der Waals surface area contributed by atoms with E-state index in [4.69, 9.17) is 10.5 Å². The molecule has 0 aromatic rings. The first-order valence-corrected chi connectivity index (χ1v) is 7.85. The molecule has 2 fully saturated rings. The minimum Gasteiger partial charge on any atom is -0.453 e. The van der Waals surface area contributed by atoms with E-state index in [1.807, 2.05) is 4.90 Å². The third kappa shape index (κ3) is 3.31. The van der Waals surface area contributed by atoms with Crippen molar-refractivity contribution in [2.75, 3.05) is 39.8 Å². The zero-order chi connectivity index (χ0) is 15.5. The summed E-state index contributed by atoms with van der Waals surface area (Å²) in [6.07, 6.45) is 3.61. The molecule has 0 radical (unpaired) electrons. The van der Waals surface area contributed by atoms with E-state index >= 15 is 0 Å². The van der Waals surface area contributed by atoms with Crippen LogP contribution in [0.4, 0.5) is 4.79 Å². The Morgan fingerprint density at radius 3 is 2.14 bits per heavy atom. The molecule has 0 aromatic carbocycles. The summed E-state index contributed by atoms with van der Waals surface area (Å²) in [7, 11) is 1.38. The Kier molecular flexibility index (Phi) is 5.08. The fraction of sp³-hybridized carbons (Fsp3) is 0.867. The van der Waals surface area contributed by atoms with Crippen LogP contribution in [-0.4, -0.2) is 61.6 Å². The van der Waals surface area contributed by atoms with Crippen molar-refractivity contribution in [3.63, 3.8) is 0 Å². The molecule has 1 saturated carbocycles. The molecule has 1 saturated heterocycles. The van der Waals surface area contributed by atoms with Crippen LogP contribution in [0.1, 0.15) is 32.6 Å². The molecule has 1 aliphatic carbocycles. The van der Waals surface area contributed by atoms with Gasteiger partial charge in [-0.05, 0) is 31.6 Å². The predicted octanol–water partition coefficient (Wildman–Crippen LogP) is 1.05. The van der Waals surface area contributed by atoms with Gasteiger partial charge in [0.2, 0.25) is 5.91 Å². The van der Waals surface area contributed by atoms with Gasteiger partial charge in [-0.25, -0.2) is 4.79 Å². The van der Waals surface area contributed by atoms with Gasteiger partial charge in [-0.2, -0.15) is 0 Å². The number of methoxy groups -OCH3 is 1. The Hall–Kier alpha value is -1.30. The summed E-state index contributed by atoms with van der Waals surface area (Å²) in [6.45, 7) is 4.89. The van der Waals surface area contributed by atoms with Crippen LogP contribution in [0.2, 0.25) is 0 Å². The molecule has 120 valence electrons. The number of rotatable bonds is 2. The van der Waals surface area contributed by atoms with Crippen LogP contribution in [0.25, 0.3) is 0 Å². The van der Waals surface area contributed by atoms with E-state index in [2.05, 4.69) is 6.92 Å². The summed E-state index contributed by atoms with van der Waals surface area (Å²) >= 11 is 0. The van der Waals surface area contributed by atoms with Crippen LogP contribution < -0.4 is 5.73 Å². The Labute approximate surface area is 126 Å². The monoisotopic (exact) mass is 297 g/mol. The first-order chi connectivity index (χ1) is 10.0. The Balaban J connectivity index is 1.96. The van der Waals surface area contributed by atoms with Gasteiger partial charge in [0.25, 0.3) is 0 Å². The van der Waals surface area contributed by atoms with Gasteiger partial charge in [0.1, 0.15) is 0 Å². The third-order valence-electron chi connectivity index (χ3n) is 5.08. The number of hydrogen-bond acceptors (Lipinski definition) is 4. The fourth-order valence-electron chi connectivity index (χ4n) is 3.38. The molecule has 0 unspecified atom stereocenters. The highest BCUT2D eigenvalue weighted by molar-refractivity contribution is 5.83. The van der Waals surface area contributed by atoms with Gasteiger partial charge in [-0.3, -0.25) is 4.79 Å². The number of amides is 2. The summed E-state index contributed by atoms with van der Waals surface area (Å²) in [6, 6.07) is 0. The summed E-state index contributed by atoms with van der Waals surface area (Å²) in [5.41, 5.74) is 5.58. The van der Waals surface area contributed by atoms with Gasteiger partial charge in [0.15, 0.2) is 0 Å². The highest BCUT2D eigenvalue weighted by Gasteiger charge is 2.43. The lowest BCUT2D eigenvalue weighted by Crippen LogP contribution is -2.56. The summed E-state index contributed by atoms with van der Waals surface area (Å²) in [4.78, 5) is 27.9. The van der Waals surface area contributed by atoms with E-state index in [-0.39, 0.29) is 17.4 Å². The molecule has 2 amide bonds. The average Bonchev–Trinajstić information content (AvgIpc) is 2.54. The van der Waals surface area contributed by atoms with Gasteiger partial charge in [-0.15, -0.1) is 0 Å². The first kappa shape index (κ1) is 16.1. The minimum atomic E-state index is -0.375. The number of nitrogens with two attached hydrogens (primary N) is 1. The smallest absolute Gasteiger partial charge is 0.409 e. The van der Waals surface area contributed by atoms with Gasteiger partial charge < -0.3 is 20.3 Å². The van der Waals surface area contributed by atoms with Crippen molar-refractivity contribution in [3.8, 4) is 0 Å². The zero-order valence-electron chi connectivity index (χ0n) is 13.1. The zero-order valence-corrected chi connectivity index (χ0v) is 13.1. The lowest BCUT2D eigenvalue weighted by Gasteiger charge is -2.43. The summed E-state index contributed by atoms with van der Waals surface area (Å²) in [5, 5.41) is 0. The van der Waals surface area contributed by atoms with Crippen molar-refractivity contribution in [2.24, 2.45) is 17.1 Å². The molecule has 6 heteroatoms. The molecule has 2 rings (SSSR count). The normalized spacial score (nSPS) is 30.1. The van der Waals surface area contributed by atoms with Gasteiger partial charge in [0, 0.05) is 32.7 Å². The molecule has 0 aromatic heterocycles. The Morgan fingerprint density at radius 1 is 1.14 bits per heavy atom. The highest BCUT2D eigenvalue weighted by atomic mass is 16.5. The number of carbonyl (C=O) groups is 2. The van der Waals surface area contributed by atoms with Crippen molar-refractivity contribution in [1.82, 2.24) is 9.80 Å². The van der Waals surface area contributed by atoms with Crippen LogP contribution in [0.15, 0.2) is 0 Å². The van der Waals surface area contributed by atoms with Crippen molar-refractivity contribution in [2.45, 2.75) is 32.6 Å². The number of hydrogen-bond donors (Lipinski definition) is 1. The predicted molar refractivity (Wildman–Crippen MR) is 79.7 cm³/mol. The third-order valence-corrected chi connectivity index (χ3v) is 5.08. The second-order valence-electron chi connectivity index (χ2n) is 6.42. The van der Waals surface area contributed by atoms with Crippen molar-refractivity contribution < 1.29 is 14.3 Å². The fourth-order valence-corrected chi connectivity index (χ4v) is 3.38. The number of carbonyl (C=O) groups excluding carboxylic acids is 2. The molecule has 21 heavy (non-hydrogen) atoms. The second kappa shape index (κ2) is 6.64. The molecule has 2 N–H and O–H groups in total. The SMILES string of the molecule is COC(=O)N1CCN(C(=O)C2(CN)CCC(C)CC2)CC1. The van der Waals surface area contributed by atoms with Crippen LogP contribution in [-0.2, 0) is 9.53 Å². The molecule has 1 heterocycles. The number of nitrogens with zero attached hydrogens (tertiary/aromatic N) is 2. The summed E-state index contributed by atoms with van der Waals surface area (Å²) in [5.74, 6) is 0.870. The molecule has 1 aliphatic heterocycles. The van der Waals surface area contributed by atoms with Crippen molar-refractivity contribution in [1.29, 1.82) is 0 Å². The van der Waals surface area contributed by atoms with E-state index in [0.717, 1.165) is 25.7 Å². The topological polar surface area (TPSA) is 75.9 Å². The average molecular weight is 297 g/mol. The van der Waals surface area contributed by atoms with Gasteiger partial charge in [0.05, 0.1) is 12.5 Å². The van der Waals surface area contributed by atoms with Crippen LogP contribution in [0.3, 0.4) is 0 Å². The van der Waals surface area contributed by atoms with Crippen LogP contribution >= 0.6 is 0 Å². The number of ether oxygens (including phenoxy) is 1. The Bertz CT molecular complexity index is 384. The second-order valence-corrected chi connectivity index (χ2v) is 6.42. The van der Waals surface area contributed by atoms with E-state index in [0.29, 0.717) is 38.6 Å². The van der Waals surface area contributed by atoms with E-state index in [1.54, 1.807) is 4.90 Å². The van der Waals surface area contributed by atoms with Crippen molar-refractivity contribution >= 4 is 12.0 Å². The maximum Gasteiger partial charge on any atom is 0.409 e. The number of piperazine rings is 1. The molecular weight excluding hydrogens is 270 g/mol. The van der Waals surface area contributed by atoms with Gasteiger partial charge in [-0.1, -0.05) is 6.92 Å². The van der Waals surface area contributed by atoms with Crippen LogP contribution in [0.5, 0.6) is 0 Å².